The minimum absolute atomic E-state index is 0.0505. The Kier molecular flexibility index (Phi) is 3.82. The van der Waals surface area contributed by atoms with Gasteiger partial charge in [-0.2, -0.15) is 0 Å². The van der Waals surface area contributed by atoms with Crippen molar-refractivity contribution in [3.63, 3.8) is 0 Å². The Morgan fingerprint density at radius 1 is 1.56 bits per heavy atom. The van der Waals surface area contributed by atoms with Gasteiger partial charge in [-0.25, -0.2) is 0 Å². The molecule has 92 valence electrons. The molecule has 2 aliphatic rings. The molecule has 1 saturated heterocycles. The molecule has 2 fully saturated rings. The largest absolute Gasteiger partial charge is 0.366 e. The van der Waals surface area contributed by atoms with Crippen LogP contribution in [0, 0.1) is 5.41 Å². The molecule has 1 atom stereocenters. The van der Waals surface area contributed by atoms with Gasteiger partial charge in [0.15, 0.2) is 0 Å². The summed E-state index contributed by atoms with van der Waals surface area (Å²) < 4.78 is 5.41. The summed E-state index contributed by atoms with van der Waals surface area (Å²) in [5.41, 5.74) is 0.423. The lowest BCUT2D eigenvalue weighted by molar-refractivity contribution is -0.134. The minimum Gasteiger partial charge on any atom is -0.366 e. The quantitative estimate of drug-likeness (QED) is 0.724. The molecule has 0 spiro atoms. The molecule has 1 aliphatic carbocycles. The average Bonchev–Trinajstić information content (AvgIpc) is 3.08. The molecule has 2 rings (SSSR count). The third-order valence-corrected chi connectivity index (χ3v) is 3.60. The second-order valence-electron chi connectivity index (χ2n) is 5.03. The van der Waals surface area contributed by atoms with Crippen LogP contribution in [-0.2, 0) is 9.53 Å². The highest BCUT2D eigenvalue weighted by Gasteiger charge is 2.41. The van der Waals surface area contributed by atoms with Crippen molar-refractivity contribution in [3.8, 4) is 0 Å². The maximum Gasteiger partial charge on any atom is 0.250 e. The third kappa shape index (κ3) is 2.95. The molecule has 2 N–H and O–H groups in total. The third-order valence-electron chi connectivity index (χ3n) is 3.60. The molecule has 0 radical (unpaired) electrons. The smallest absolute Gasteiger partial charge is 0.250 e. The Morgan fingerprint density at radius 3 is 2.94 bits per heavy atom. The zero-order valence-electron chi connectivity index (χ0n) is 10.1. The molecule has 0 bridgehead atoms. The second kappa shape index (κ2) is 5.15. The summed E-state index contributed by atoms with van der Waals surface area (Å²) in [4.78, 5) is 11.8. The van der Waals surface area contributed by atoms with Gasteiger partial charge in [0.25, 0.3) is 0 Å². The lowest BCUT2D eigenvalue weighted by atomic mass is 10.0. The monoisotopic (exact) mass is 226 g/mol. The summed E-state index contributed by atoms with van der Waals surface area (Å²) in [7, 11) is 0. The highest BCUT2D eigenvalue weighted by Crippen LogP contribution is 2.48. The van der Waals surface area contributed by atoms with Crippen LogP contribution in [0.4, 0.5) is 0 Å². The van der Waals surface area contributed by atoms with E-state index >= 15 is 0 Å². The zero-order valence-corrected chi connectivity index (χ0v) is 10.1. The van der Waals surface area contributed by atoms with Crippen molar-refractivity contribution in [2.24, 2.45) is 5.41 Å². The first-order valence-corrected chi connectivity index (χ1v) is 6.36. The molecule has 0 aromatic carbocycles. The normalized spacial score (nSPS) is 27.4. The van der Waals surface area contributed by atoms with Crippen molar-refractivity contribution in [2.75, 3.05) is 26.2 Å². The first-order valence-electron chi connectivity index (χ1n) is 6.36. The molecule has 0 aromatic rings. The second-order valence-corrected chi connectivity index (χ2v) is 5.03. The highest BCUT2D eigenvalue weighted by molar-refractivity contribution is 5.81. The molecular formula is C12H22N2O2. The van der Waals surface area contributed by atoms with E-state index in [2.05, 4.69) is 17.6 Å². The van der Waals surface area contributed by atoms with E-state index in [1.807, 2.05) is 0 Å². The van der Waals surface area contributed by atoms with Crippen LogP contribution in [0.25, 0.3) is 0 Å². The maximum atomic E-state index is 11.8. The number of rotatable bonds is 5. The van der Waals surface area contributed by atoms with Crippen molar-refractivity contribution < 1.29 is 9.53 Å². The molecule has 1 heterocycles. The number of hydrogen-bond acceptors (Lipinski definition) is 3. The summed E-state index contributed by atoms with van der Waals surface area (Å²) >= 11 is 0. The van der Waals surface area contributed by atoms with Gasteiger partial charge < -0.3 is 15.4 Å². The number of ether oxygens (including phenoxy) is 1. The van der Waals surface area contributed by atoms with E-state index in [1.54, 1.807) is 0 Å². The number of carbonyl (C=O) groups is 1. The van der Waals surface area contributed by atoms with Crippen LogP contribution in [-0.4, -0.2) is 38.3 Å². The van der Waals surface area contributed by atoms with E-state index in [0.29, 0.717) is 18.6 Å². The summed E-state index contributed by atoms with van der Waals surface area (Å²) in [5.74, 6) is 0.0505. The predicted octanol–water partition coefficient (Wildman–Crippen LogP) is 0.671. The Bertz CT molecular complexity index is 245. The van der Waals surface area contributed by atoms with E-state index in [0.717, 1.165) is 13.1 Å². The van der Waals surface area contributed by atoms with E-state index in [4.69, 9.17) is 4.74 Å². The summed E-state index contributed by atoms with van der Waals surface area (Å²) in [6.07, 6.45) is 4.69. The van der Waals surface area contributed by atoms with Gasteiger partial charge in [0, 0.05) is 19.6 Å². The highest BCUT2D eigenvalue weighted by atomic mass is 16.5. The van der Waals surface area contributed by atoms with Crippen molar-refractivity contribution in [3.05, 3.63) is 0 Å². The molecule has 4 heteroatoms. The van der Waals surface area contributed by atoms with Gasteiger partial charge in [-0.1, -0.05) is 13.3 Å². The Morgan fingerprint density at radius 2 is 2.38 bits per heavy atom. The number of amides is 1. The fourth-order valence-corrected chi connectivity index (χ4v) is 2.34. The number of hydrogen-bond donors (Lipinski definition) is 2. The average molecular weight is 226 g/mol. The van der Waals surface area contributed by atoms with Gasteiger partial charge in [0.05, 0.1) is 6.61 Å². The molecule has 1 saturated carbocycles. The molecule has 0 aromatic heterocycles. The van der Waals surface area contributed by atoms with Gasteiger partial charge in [-0.05, 0) is 24.7 Å². The van der Waals surface area contributed by atoms with Crippen molar-refractivity contribution >= 4 is 5.91 Å². The summed E-state index contributed by atoms with van der Waals surface area (Å²) in [6.45, 7) is 5.17. The molecular weight excluding hydrogens is 204 g/mol. The van der Waals surface area contributed by atoms with Crippen molar-refractivity contribution in [2.45, 2.75) is 38.7 Å². The van der Waals surface area contributed by atoms with E-state index in [-0.39, 0.29) is 12.0 Å². The van der Waals surface area contributed by atoms with Crippen LogP contribution in [0.3, 0.4) is 0 Å². The predicted molar refractivity (Wildman–Crippen MR) is 62.2 cm³/mol. The van der Waals surface area contributed by atoms with Gasteiger partial charge >= 0.3 is 0 Å². The summed E-state index contributed by atoms with van der Waals surface area (Å²) in [5, 5.41) is 6.20. The molecule has 4 nitrogen and oxygen atoms in total. The van der Waals surface area contributed by atoms with E-state index in [1.165, 1.54) is 25.7 Å². The van der Waals surface area contributed by atoms with Crippen LogP contribution in [0.2, 0.25) is 0 Å². The van der Waals surface area contributed by atoms with Gasteiger partial charge in [0.2, 0.25) is 5.91 Å². The van der Waals surface area contributed by atoms with Gasteiger partial charge in [-0.15, -0.1) is 0 Å². The zero-order chi connectivity index (χ0) is 11.4. The van der Waals surface area contributed by atoms with Crippen LogP contribution >= 0.6 is 0 Å². The first-order chi connectivity index (χ1) is 7.76. The topological polar surface area (TPSA) is 50.4 Å². The Hall–Kier alpha value is -0.610. The van der Waals surface area contributed by atoms with Gasteiger partial charge in [-0.3, -0.25) is 4.79 Å². The van der Waals surface area contributed by atoms with Crippen molar-refractivity contribution in [1.29, 1.82) is 0 Å². The SMILES string of the molecule is CCCC1(CNC(=O)C2CNCCO2)CC1. The van der Waals surface area contributed by atoms with Crippen LogP contribution in [0.5, 0.6) is 0 Å². The lowest BCUT2D eigenvalue weighted by Gasteiger charge is -2.24. The fourth-order valence-electron chi connectivity index (χ4n) is 2.34. The summed E-state index contributed by atoms with van der Waals surface area (Å²) in [6, 6.07) is 0. The van der Waals surface area contributed by atoms with Crippen molar-refractivity contribution in [1.82, 2.24) is 10.6 Å². The standard InChI is InChI=1S/C12H22N2O2/c1-2-3-12(4-5-12)9-14-11(15)10-8-13-6-7-16-10/h10,13H,2-9H2,1H3,(H,14,15). The van der Waals surface area contributed by atoms with Crippen LogP contribution in [0.1, 0.15) is 32.6 Å². The van der Waals surface area contributed by atoms with Crippen LogP contribution in [0.15, 0.2) is 0 Å². The fraction of sp³-hybridized carbons (Fsp3) is 0.917. The minimum atomic E-state index is -0.286. The first kappa shape index (κ1) is 11.9. The Balaban J connectivity index is 1.70. The maximum absolute atomic E-state index is 11.8. The molecule has 1 aliphatic heterocycles. The molecule has 1 amide bonds. The number of nitrogens with one attached hydrogen (secondary N) is 2. The number of morpholine rings is 1. The lowest BCUT2D eigenvalue weighted by Crippen LogP contribution is -2.48. The molecule has 16 heavy (non-hydrogen) atoms. The molecule has 1 unspecified atom stereocenters. The van der Waals surface area contributed by atoms with Crippen LogP contribution < -0.4 is 10.6 Å². The Labute approximate surface area is 97.1 Å². The van der Waals surface area contributed by atoms with E-state index in [9.17, 15) is 4.79 Å². The number of carbonyl (C=O) groups excluding carboxylic acids is 1. The van der Waals surface area contributed by atoms with E-state index < -0.39 is 0 Å². The van der Waals surface area contributed by atoms with Gasteiger partial charge in [0.1, 0.15) is 6.10 Å².